The van der Waals surface area contributed by atoms with Gasteiger partial charge in [-0.15, -0.1) is 0 Å². The minimum atomic E-state index is -0.666. The predicted octanol–water partition coefficient (Wildman–Crippen LogP) is 5.75. The van der Waals surface area contributed by atoms with E-state index >= 15 is 0 Å². The first-order valence-electron chi connectivity index (χ1n) is 12.2. The van der Waals surface area contributed by atoms with Crippen LogP contribution in [0.25, 0.3) is 10.8 Å². The van der Waals surface area contributed by atoms with E-state index in [-0.39, 0.29) is 29.2 Å². The number of hydrogen-bond donors (Lipinski definition) is 1. The molecule has 3 aliphatic heterocycles. The van der Waals surface area contributed by atoms with Gasteiger partial charge < -0.3 is 9.88 Å². The summed E-state index contributed by atoms with van der Waals surface area (Å²) in [6, 6.07) is 19.0. The van der Waals surface area contributed by atoms with Crippen LogP contribution in [-0.2, 0) is 10.2 Å². The van der Waals surface area contributed by atoms with Crippen LogP contribution in [0, 0.1) is 11.2 Å². The number of halogens is 1. The number of aliphatic imine (C=N–C) groups is 1. The molecule has 4 unspecified atom stereocenters. The Bertz CT molecular complexity index is 1600. The molecule has 0 saturated carbocycles. The molecule has 0 radical (unpaired) electrons. The molecule has 1 aliphatic carbocycles. The zero-order chi connectivity index (χ0) is 24.7. The first-order valence-corrected chi connectivity index (χ1v) is 13.2. The highest BCUT2D eigenvalue weighted by Crippen LogP contribution is 2.60. The first-order chi connectivity index (χ1) is 17.4. The summed E-state index contributed by atoms with van der Waals surface area (Å²) in [7, 11) is 0. The number of carbonyl (C=O) groups is 1. The van der Waals surface area contributed by atoms with E-state index in [1.54, 1.807) is 17.8 Å². The van der Waals surface area contributed by atoms with E-state index in [2.05, 4.69) is 46.9 Å². The van der Waals surface area contributed by atoms with Crippen molar-refractivity contribution in [3.63, 3.8) is 0 Å². The number of imidazole rings is 1. The van der Waals surface area contributed by atoms with Crippen molar-refractivity contribution in [1.29, 1.82) is 0 Å². The van der Waals surface area contributed by atoms with Crippen LogP contribution in [0.1, 0.15) is 54.9 Å². The van der Waals surface area contributed by atoms with Gasteiger partial charge >= 0.3 is 0 Å². The molecule has 0 spiro atoms. The first kappa shape index (κ1) is 21.8. The highest BCUT2D eigenvalue weighted by atomic mass is 32.2. The lowest BCUT2D eigenvalue weighted by atomic mass is 9.55. The number of rotatable bonds is 2. The van der Waals surface area contributed by atoms with E-state index in [0.717, 1.165) is 16.8 Å². The third kappa shape index (κ3) is 2.86. The van der Waals surface area contributed by atoms with Gasteiger partial charge in [-0.3, -0.25) is 9.79 Å². The topological polar surface area (TPSA) is 59.3 Å². The molecule has 36 heavy (non-hydrogen) atoms. The smallest absolute Gasteiger partial charge is 0.234 e. The number of nitrogens with one attached hydrogen (secondary N) is 1. The lowest BCUT2D eigenvalue weighted by molar-refractivity contribution is -0.133. The summed E-state index contributed by atoms with van der Waals surface area (Å²) in [6.45, 7) is 4.26. The van der Waals surface area contributed by atoms with Crippen molar-refractivity contribution in [3.05, 3.63) is 101 Å². The second-order valence-electron chi connectivity index (χ2n) is 10.5. The second kappa shape index (κ2) is 7.53. The summed E-state index contributed by atoms with van der Waals surface area (Å²) in [5.41, 5.74) is 2.42. The zero-order valence-electron chi connectivity index (χ0n) is 20.0. The maximum absolute atomic E-state index is 14.3. The molecule has 2 bridgehead atoms. The van der Waals surface area contributed by atoms with Crippen LogP contribution in [0.3, 0.4) is 0 Å². The molecule has 5 nitrogen and oxygen atoms in total. The summed E-state index contributed by atoms with van der Waals surface area (Å²) in [6.07, 6.45) is 4.51. The van der Waals surface area contributed by atoms with E-state index in [1.807, 2.05) is 42.7 Å². The van der Waals surface area contributed by atoms with Gasteiger partial charge in [0.15, 0.2) is 5.17 Å². The summed E-state index contributed by atoms with van der Waals surface area (Å²) < 4.78 is 16.5. The van der Waals surface area contributed by atoms with E-state index in [1.165, 1.54) is 17.2 Å². The van der Waals surface area contributed by atoms with Crippen LogP contribution in [0.4, 0.5) is 4.39 Å². The Hall–Kier alpha value is -3.45. The number of carbonyl (C=O) groups excluding carboxylic acids is 1. The molecule has 1 aromatic heterocycles. The molecule has 4 aliphatic rings. The van der Waals surface area contributed by atoms with Gasteiger partial charge in [0.1, 0.15) is 11.6 Å². The molecule has 0 fully saturated rings. The third-order valence-corrected chi connectivity index (χ3v) is 9.23. The highest BCUT2D eigenvalue weighted by Gasteiger charge is 2.59. The maximum Gasteiger partial charge on any atom is 0.234 e. The van der Waals surface area contributed by atoms with Crippen molar-refractivity contribution in [2.24, 2.45) is 10.4 Å². The summed E-state index contributed by atoms with van der Waals surface area (Å²) >= 11 is 1.55. The number of hydrogen-bond acceptors (Lipinski definition) is 4. The Morgan fingerprint density at radius 3 is 2.69 bits per heavy atom. The molecule has 7 heteroatoms. The average molecular weight is 497 g/mol. The van der Waals surface area contributed by atoms with Gasteiger partial charge in [-0.2, -0.15) is 0 Å². The normalized spacial score (nSPS) is 28.0. The maximum atomic E-state index is 14.3. The van der Waals surface area contributed by atoms with Gasteiger partial charge in [0.05, 0.1) is 22.9 Å². The lowest BCUT2D eigenvalue weighted by Crippen LogP contribution is -2.57. The number of thioether (sulfide) groups is 1. The molecule has 0 saturated heterocycles. The minimum absolute atomic E-state index is 0.0246. The number of aromatic nitrogens is 2. The standard InChI is InChI=1S/C29H25FN4OS/c1-28-16-29(2,24(34-14-13-31-25(28)34)20-9-5-6-10-21(20)28)26(35)33-27-32-23(15-36-27)19-11-12-22(30)18-8-4-3-7-17(18)19/h3-14,23-24H,15-16H2,1-2H3,(H,32,33,35). The van der Waals surface area contributed by atoms with Crippen LogP contribution in [0.2, 0.25) is 0 Å². The molecule has 1 N–H and O–H groups in total. The van der Waals surface area contributed by atoms with Crippen molar-refractivity contribution in [1.82, 2.24) is 14.9 Å². The molecule has 180 valence electrons. The van der Waals surface area contributed by atoms with Gasteiger partial charge in [0.2, 0.25) is 5.91 Å². The van der Waals surface area contributed by atoms with Crippen molar-refractivity contribution < 1.29 is 9.18 Å². The molecule has 4 heterocycles. The fourth-order valence-corrected chi connectivity index (χ4v) is 7.67. The largest absolute Gasteiger partial charge is 0.326 e. The number of benzene rings is 3. The van der Waals surface area contributed by atoms with E-state index in [9.17, 15) is 9.18 Å². The Labute approximate surface area is 212 Å². The van der Waals surface area contributed by atoms with Crippen molar-refractivity contribution in [2.75, 3.05) is 5.75 Å². The van der Waals surface area contributed by atoms with E-state index in [0.29, 0.717) is 22.7 Å². The van der Waals surface area contributed by atoms with Gasteiger partial charge in [0, 0.05) is 23.5 Å². The van der Waals surface area contributed by atoms with Crippen LogP contribution in [-0.4, -0.2) is 26.4 Å². The molecule has 1 amide bonds. The Morgan fingerprint density at radius 2 is 1.83 bits per heavy atom. The van der Waals surface area contributed by atoms with Crippen molar-refractivity contribution in [2.45, 2.75) is 37.8 Å². The van der Waals surface area contributed by atoms with Crippen LogP contribution in [0.5, 0.6) is 0 Å². The van der Waals surface area contributed by atoms with Gasteiger partial charge in [0.25, 0.3) is 0 Å². The Kier molecular flexibility index (Phi) is 4.56. The monoisotopic (exact) mass is 496 g/mol. The summed E-state index contributed by atoms with van der Waals surface area (Å²) in [5, 5.41) is 5.27. The molecule has 8 rings (SSSR count). The van der Waals surface area contributed by atoms with Crippen LogP contribution >= 0.6 is 11.8 Å². The van der Waals surface area contributed by atoms with Crippen LogP contribution in [0.15, 0.2) is 78.0 Å². The van der Waals surface area contributed by atoms with E-state index < -0.39 is 5.41 Å². The van der Waals surface area contributed by atoms with Gasteiger partial charge in [-0.25, -0.2) is 9.37 Å². The second-order valence-corrected chi connectivity index (χ2v) is 11.5. The molecular formula is C29H25FN4OS. The number of amidine groups is 1. The van der Waals surface area contributed by atoms with Crippen molar-refractivity contribution in [3.8, 4) is 0 Å². The molecule has 3 aromatic carbocycles. The SMILES string of the molecule is CC12CC(C)(C(=O)NC3=NC(c4ccc(F)c5ccccc45)CS3)C(c3ccccc31)n1ccnc12. The van der Waals surface area contributed by atoms with E-state index in [4.69, 9.17) is 4.99 Å². The lowest BCUT2D eigenvalue weighted by Gasteiger charge is -2.54. The molecule has 4 aromatic rings. The Balaban J connectivity index is 1.22. The number of fused-ring (bicyclic) bond motifs is 2. The quantitative estimate of drug-likeness (QED) is 0.384. The van der Waals surface area contributed by atoms with Crippen molar-refractivity contribution >= 4 is 33.6 Å². The highest BCUT2D eigenvalue weighted by molar-refractivity contribution is 8.14. The zero-order valence-corrected chi connectivity index (χ0v) is 20.8. The predicted molar refractivity (Wildman–Crippen MR) is 141 cm³/mol. The van der Waals surface area contributed by atoms with Crippen LogP contribution < -0.4 is 5.32 Å². The third-order valence-electron chi connectivity index (χ3n) is 8.27. The van der Waals surface area contributed by atoms with Gasteiger partial charge in [-0.05, 0) is 48.4 Å². The fraction of sp³-hybridized carbons (Fsp3) is 0.276. The summed E-state index contributed by atoms with van der Waals surface area (Å²) in [4.78, 5) is 23.5. The average Bonchev–Trinajstić information content (AvgIpc) is 3.55. The number of nitrogens with zero attached hydrogens (tertiary/aromatic N) is 3. The molecular weight excluding hydrogens is 471 g/mol. The molecule has 4 atom stereocenters. The van der Waals surface area contributed by atoms with Gasteiger partial charge in [-0.1, -0.05) is 66.4 Å². The summed E-state index contributed by atoms with van der Waals surface area (Å²) in [5.74, 6) is 1.47. The minimum Gasteiger partial charge on any atom is -0.326 e. The number of amides is 1. The fourth-order valence-electron chi connectivity index (χ4n) is 6.73. The Morgan fingerprint density at radius 1 is 1.06 bits per heavy atom.